The van der Waals surface area contributed by atoms with Gasteiger partial charge in [0.05, 0.1) is 0 Å². The molecule has 0 atom stereocenters. The van der Waals surface area contributed by atoms with E-state index >= 15 is 0 Å². The number of carbonyl (C=O) groups is 1. The van der Waals surface area contributed by atoms with E-state index in [4.69, 9.17) is 0 Å². The van der Waals surface area contributed by atoms with Gasteiger partial charge in [-0.3, -0.25) is 4.79 Å². The van der Waals surface area contributed by atoms with Gasteiger partial charge in [-0.25, -0.2) is 0 Å². The summed E-state index contributed by atoms with van der Waals surface area (Å²) in [4.78, 5) is 11.9. The van der Waals surface area contributed by atoms with E-state index in [0.29, 0.717) is 18.1 Å². The highest BCUT2D eigenvalue weighted by molar-refractivity contribution is 5.99. The summed E-state index contributed by atoms with van der Waals surface area (Å²) in [5, 5.41) is 0. The van der Waals surface area contributed by atoms with Crippen molar-refractivity contribution in [3.63, 3.8) is 0 Å². The van der Waals surface area contributed by atoms with E-state index in [1.165, 1.54) is 11.1 Å². The topological polar surface area (TPSA) is 17.1 Å². The average Bonchev–Trinajstić information content (AvgIpc) is 2.23. The molecule has 0 saturated carbocycles. The molecule has 1 aromatic rings. The van der Waals surface area contributed by atoms with Crippen LogP contribution in [0.4, 0.5) is 0 Å². The zero-order valence-corrected chi connectivity index (χ0v) is 10.6. The molecule has 1 nitrogen and oxygen atoms in total. The molecule has 0 spiro atoms. The van der Waals surface area contributed by atoms with E-state index in [2.05, 4.69) is 39.8 Å². The Bertz CT molecular complexity index is 427. The lowest BCUT2D eigenvalue weighted by Gasteiger charge is -2.32. The summed E-state index contributed by atoms with van der Waals surface area (Å²) in [7, 11) is 0. The first-order valence-corrected chi connectivity index (χ1v) is 6.09. The minimum absolute atomic E-state index is 0.147. The van der Waals surface area contributed by atoms with Gasteiger partial charge in [-0.05, 0) is 28.9 Å². The molecule has 0 saturated heterocycles. The van der Waals surface area contributed by atoms with Crippen molar-refractivity contribution in [2.75, 3.05) is 0 Å². The molecular weight excluding hydrogens is 196 g/mol. The van der Waals surface area contributed by atoms with Gasteiger partial charge in [-0.2, -0.15) is 0 Å². The highest BCUT2D eigenvalue weighted by Gasteiger charge is 2.31. The number of benzene rings is 1. The number of fused-ring (bicyclic) bond motifs is 1. The van der Waals surface area contributed by atoms with Gasteiger partial charge in [0.2, 0.25) is 0 Å². The van der Waals surface area contributed by atoms with Gasteiger partial charge in [0.1, 0.15) is 0 Å². The predicted molar refractivity (Wildman–Crippen MR) is 67.1 cm³/mol. The molecule has 0 bridgehead atoms. The van der Waals surface area contributed by atoms with Crippen molar-refractivity contribution >= 4 is 5.78 Å². The van der Waals surface area contributed by atoms with Crippen LogP contribution < -0.4 is 0 Å². The zero-order valence-electron chi connectivity index (χ0n) is 10.6. The number of rotatable bonds is 1. The maximum absolute atomic E-state index is 11.9. The summed E-state index contributed by atoms with van der Waals surface area (Å²) >= 11 is 0. The summed E-state index contributed by atoms with van der Waals surface area (Å²) < 4.78 is 0. The Kier molecular flexibility index (Phi) is 2.65. The molecule has 0 fully saturated rings. The lowest BCUT2D eigenvalue weighted by molar-refractivity contribution is 0.0956. The maximum atomic E-state index is 11.9. The van der Waals surface area contributed by atoms with Crippen LogP contribution in [0.15, 0.2) is 18.2 Å². The molecule has 0 radical (unpaired) electrons. The van der Waals surface area contributed by atoms with E-state index in [-0.39, 0.29) is 5.41 Å². The fourth-order valence-corrected chi connectivity index (χ4v) is 2.42. The Morgan fingerprint density at radius 1 is 1.25 bits per heavy atom. The van der Waals surface area contributed by atoms with E-state index < -0.39 is 0 Å². The molecular formula is C15H20O. The van der Waals surface area contributed by atoms with Crippen LogP contribution in [0.2, 0.25) is 0 Å². The number of hydrogen-bond acceptors (Lipinski definition) is 1. The average molecular weight is 216 g/mol. The van der Waals surface area contributed by atoms with Gasteiger partial charge in [0.25, 0.3) is 0 Å². The molecule has 0 N–H and O–H groups in total. The molecule has 0 unspecified atom stereocenters. The summed E-state index contributed by atoms with van der Waals surface area (Å²) in [6.45, 7) is 8.86. The number of ketones is 1. The Morgan fingerprint density at radius 2 is 1.94 bits per heavy atom. The van der Waals surface area contributed by atoms with Gasteiger partial charge < -0.3 is 0 Å². The molecule has 86 valence electrons. The van der Waals surface area contributed by atoms with Crippen molar-refractivity contribution in [1.82, 2.24) is 0 Å². The largest absolute Gasteiger partial charge is 0.294 e. The third-order valence-electron chi connectivity index (χ3n) is 3.72. The lowest BCUT2D eigenvalue weighted by atomic mass is 9.71. The van der Waals surface area contributed by atoms with Gasteiger partial charge in [-0.1, -0.05) is 45.9 Å². The predicted octanol–water partition coefficient (Wildman–Crippen LogP) is 4.06. The zero-order chi connectivity index (χ0) is 11.9. The smallest absolute Gasteiger partial charge is 0.163 e. The number of Topliss-reactive ketones (excluding diaryl/α,β-unsaturated/α-hetero) is 1. The quantitative estimate of drug-likeness (QED) is 0.691. The molecule has 0 aromatic heterocycles. The molecule has 0 heterocycles. The third kappa shape index (κ3) is 1.79. The van der Waals surface area contributed by atoms with Crippen molar-refractivity contribution in [2.45, 2.75) is 51.9 Å². The Balaban J connectivity index is 2.58. The minimum Gasteiger partial charge on any atom is -0.294 e. The van der Waals surface area contributed by atoms with Crippen molar-refractivity contribution in [1.29, 1.82) is 0 Å². The van der Waals surface area contributed by atoms with Crippen LogP contribution in [0.25, 0.3) is 0 Å². The molecule has 16 heavy (non-hydrogen) atoms. The van der Waals surface area contributed by atoms with Crippen LogP contribution in [-0.4, -0.2) is 5.78 Å². The second kappa shape index (κ2) is 3.73. The molecule has 2 rings (SSSR count). The number of hydrogen-bond donors (Lipinski definition) is 0. The summed E-state index contributed by atoms with van der Waals surface area (Å²) in [6.07, 6.45) is 1.67. The van der Waals surface area contributed by atoms with Crippen molar-refractivity contribution in [3.05, 3.63) is 34.9 Å². The van der Waals surface area contributed by atoms with Crippen LogP contribution in [0, 0.1) is 0 Å². The first kappa shape index (κ1) is 11.4. The second-order valence-electron chi connectivity index (χ2n) is 5.77. The van der Waals surface area contributed by atoms with E-state index in [1.807, 2.05) is 6.07 Å². The first-order chi connectivity index (χ1) is 7.42. The molecule has 1 aromatic carbocycles. The van der Waals surface area contributed by atoms with Crippen molar-refractivity contribution in [2.24, 2.45) is 0 Å². The molecule has 1 aliphatic carbocycles. The molecule has 1 aliphatic rings. The second-order valence-corrected chi connectivity index (χ2v) is 5.77. The SMILES string of the molecule is CC(C)c1ccc2c(c1)C(C)(C)CCC2=O. The van der Waals surface area contributed by atoms with Gasteiger partial charge in [0.15, 0.2) is 5.78 Å². The Morgan fingerprint density at radius 3 is 2.56 bits per heavy atom. The van der Waals surface area contributed by atoms with Crippen LogP contribution in [0.5, 0.6) is 0 Å². The summed E-state index contributed by atoms with van der Waals surface area (Å²) in [6, 6.07) is 6.35. The minimum atomic E-state index is 0.147. The van der Waals surface area contributed by atoms with E-state index in [0.717, 1.165) is 12.0 Å². The highest BCUT2D eigenvalue weighted by Crippen LogP contribution is 2.37. The summed E-state index contributed by atoms with van der Waals surface area (Å²) in [5.74, 6) is 0.836. The molecule has 0 aliphatic heterocycles. The lowest BCUT2D eigenvalue weighted by Crippen LogP contribution is -2.27. The van der Waals surface area contributed by atoms with E-state index in [1.54, 1.807) is 0 Å². The Labute approximate surface area is 97.9 Å². The molecule has 1 heteroatoms. The van der Waals surface area contributed by atoms with Crippen LogP contribution in [-0.2, 0) is 5.41 Å². The third-order valence-corrected chi connectivity index (χ3v) is 3.72. The van der Waals surface area contributed by atoms with Crippen molar-refractivity contribution < 1.29 is 4.79 Å². The fourth-order valence-electron chi connectivity index (χ4n) is 2.42. The Hall–Kier alpha value is -1.11. The van der Waals surface area contributed by atoms with Gasteiger partial charge in [0, 0.05) is 12.0 Å². The monoisotopic (exact) mass is 216 g/mol. The fraction of sp³-hybridized carbons (Fsp3) is 0.533. The van der Waals surface area contributed by atoms with Gasteiger partial charge >= 0.3 is 0 Å². The van der Waals surface area contributed by atoms with Crippen LogP contribution in [0.3, 0.4) is 0 Å². The van der Waals surface area contributed by atoms with E-state index in [9.17, 15) is 4.79 Å². The first-order valence-electron chi connectivity index (χ1n) is 6.09. The van der Waals surface area contributed by atoms with Crippen LogP contribution >= 0.6 is 0 Å². The number of carbonyl (C=O) groups excluding carboxylic acids is 1. The van der Waals surface area contributed by atoms with Crippen LogP contribution in [0.1, 0.15) is 67.9 Å². The van der Waals surface area contributed by atoms with Gasteiger partial charge in [-0.15, -0.1) is 0 Å². The summed E-state index contributed by atoms with van der Waals surface area (Å²) in [5.41, 5.74) is 3.67. The van der Waals surface area contributed by atoms with Crippen molar-refractivity contribution in [3.8, 4) is 0 Å². The molecule has 0 amide bonds. The highest BCUT2D eigenvalue weighted by atomic mass is 16.1. The maximum Gasteiger partial charge on any atom is 0.163 e. The normalized spacial score (nSPS) is 18.7. The standard InChI is InChI=1S/C15H20O/c1-10(2)11-5-6-12-13(9-11)15(3,4)8-7-14(12)16/h5-6,9-10H,7-8H2,1-4H3.